The van der Waals surface area contributed by atoms with Gasteiger partial charge < -0.3 is 0 Å². The Bertz CT molecular complexity index is 294. The first kappa shape index (κ1) is 22.2. The quantitative estimate of drug-likeness (QED) is 0.219. The zero-order chi connectivity index (χ0) is 17.0. The Morgan fingerprint density at radius 2 is 1.32 bits per heavy atom. The molecule has 0 saturated carbocycles. The van der Waals surface area contributed by atoms with Gasteiger partial charge in [-0.15, -0.1) is 0 Å². The van der Waals surface area contributed by atoms with Crippen LogP contribution in [-0.4, -0.2) is 49.7 Å². The zero-order valence-corrected chi connectivity index (χ0v) is 15.7. The Morgan fingerprint density at radius 1 is 0.818 bits per heavy atom. The first-order chi connectivity index (χ1) is 10.4. The van der Waals surface area contributed by atoms with E-state index >= 15 is 0 Å². The van der Waals surface area contributed by atoms with Crippen molar-refractivity contribution in [3.8, 4) is 0 Å². The Hall–Kier alpha value is 0.209. The number of unbranched alkanes of at least 4 members (excludes halogenated alkanes) is 7. The van der Waals surface area contributed by atoms with Gasteiger partial charge >= 0.3 is 136 Å². The van der Waals surface area contributed by atoms with E-state index in [1.165, 1.54) is 19.3 Å². The minimum atomic E-state index is -4.48. The summed E-state index contributed by atoms with van der Waals surface area (Å²) >= 11 is -4.48. The molecule has 0 fully saturated rings. The van der Waals surface area contributed by atoms with Crippen LogP contribution in [0.15, 0.2) is 0 Å². The molecule has 8 heteroatoms. The standard InChI is InChI=1S/C10H21O.C4H4F5.O.Sn/c1-2-3-4-5-6-7-8-9-10-11;5-1-2(6)3(7)4(8)9;;/h2-10H2,1H3;1-4H;;/q-1;;;+1. The van der Waals surface area contributed by atoms with Gasteiger partial charge in [-0.2, -0.15) is 0 Å². The Labute approximate surface area is 136 Å². The van der Waals surface area contributed by atoms with Crippen LogP contribution in [0, 0.1) is 0 Å². The molecule has 22 heavy (non-hydrogen) atoms. The number of alkyl halides is 5. The molecule has 0 amide bonds. The fraction of sp³-hybridized carbons (Fsp3) is 1.00. The van der Waals surface area contributed by atoms with Gasteiger partial charge in [-0.1, -0.05) is 0 Å². The molecule has 0 aromatic carbocycles. The predicted molar refractivity (Wildman–Crippen MR) is 75.7 cm³/mol. The van der Waals surface area contributed by atoms with E-state index in [2.05, 4.69) is 6.92 Å². The molecule has 0 aromatic heterocycles. The van der Waals surface area contributed by atoms with Gasteiger partial charge in [0.25, 0.3) is 0 Å². The van der Waals surface area contributed by atoms with Gasteiger partial charge in [-0.05, 0) is 0 Å². The summed E-state index contributed by atoms with van der Waals surface area (Å²) < 4.78 is 76.0. The summed E-state index contributed by atoms with van der Waals surface area (Å²) in [6.45, 7) is 2.14. The normalized spacial score (nSPS) is 15.8. The topological polar surface area (TPSA) is 26.3 Å². The molecular weight excluding hydrogens is 414 g/mol. The summed E-state index contributed by atoms with van der Waals surface area (Å²) in [7, 11) is 0. The van der Waals surface area contributed by atoms with E-state index in [1.807, 2.05) is 0 Å². The molecule has 2 nitrogen and oxygen atoms in total. The first-order valence-electron chi connectivity index (χ1n) is 7.78. The van der Waals surface area contributed by atoms with Crippen molar-refractivity contribution in [1.29, 1.82) is 0 Å². The molecule has 0 aliphatic heterocycles. The first-order valence-corrected chi connectivity index (χ1v) is 11.8. The maximum absolute atomic E-state index is 13.3. The molecule has 0 spiro atoms. The second kappa shape index (κ2) is 13.6. The second-order valence-electron chi connectivity index (χ2n) is 5.27. The maximum atomic E-state index is 13.3. The molecule has 0 rings (SSSR count). The molecule has 0 aliphatic rings. The van der Waals surface area contributed by atoms with Crippen molar-refractivity contribution in [2.24, 2.45) is 0 Å². The van der Waals surface area contributed by atoms with Crippen LogP contribution < -0.4 is 0 Å². The summed E-state index contributed by atoms with van der Waals surface area (Å²) in [6, 6.07) is 0. The Morgan fingerprint density at radius 3 is 1.82 bits per heavy atom. The van der Waals surface area contributed by atoms with Crippen LogP contribution >= 0.6 is 0 Å². The molecular formula is C14H25F5O2Sn. The van der Waals surface area contributed by atoms with Crippen LogP contribution in [0.1, 0.15) is 58.3 Å². The number of halogens is 5. The van der Waals surface area contributed by atoms with Gasteiger partial charge in [0.1, 0.15) is 0 Å². The van der Waals surface area contributed by atoms with Gasteiger partial charge in [-0.3, -0.25) is 0 Å². The Kier molecular flexibility index (Phi) is 13.8. The molecule has 0 N–H and O–H groups in total. The van der Waals surface area contributed by atoms with E-state index in [-0.39, 0.29) is 6.61 Å². The van der Waals surface area contributed by atoms with E-state index in [1.54, 1.807) is 0 Å². The van der Waals surface area contributed by atoms with Crippen molar-refractivity contribution < 1.29 is 28.1 Å². The summed E-state index contributed by atoms with van der Waals surface area (Å²) in [6.07, 6.45) is -1.79. The van der Waals surface area contributed by atoms with Crippen molar-refractivity contribution in [2.45, 2.75) is 81.2 Å². The van der Waals surface area contributed by atoms with E-state index in [9.17, 15) is 25.0 Å². The van der Waals surface area contributed by atoms with Crippen LogP contribution in [0.3, 0.4) is 0 Å². The van der Waals surface area contributed by atoms with Crippen LogP contribution in [0.2, 0.25) is 0 Å². The molecule has 132 valence electrons. The zero-order valence-electron chi connectivity index (χ0n) is 12.9. The van der Waals surface area contributed by atoms with Crippen LogP contribution in [0.4, 0.5) is 22.0 Å². The van der Waals surface area contributed by atoms with Crippen LogP contribution in [0.5, 0.6) is 0 Å². The van der Waals surface area contributed by atoms with E-state index in [0.717, 1.165) is 25.7 Å². The fourth-order valence-electron chi connectivity index (χ4n) is 1.92. The molecule has 0 radical (unpaired) electrons. The van der Waals surface area contributed by atoms with Crippen molar-refractivity contribution in [1.82, 2.24) is 0 Å². The van der Waals surface area contributed by atoms with Gasteiger partial charge in [0.15, 0.2) is 0 Å². The van der Waals surface area contributed by atoms with E-state index in [4.69, 9.17) is 3.07 Å². The Balaban J connectivity index is 3.68. The number of hydrogen-bond donors (Lipinski definition) is 0. The predicted octanol–water partition coefficient (Wildman–Crippen LogP) is 4.88. The van der Waals surface area contributed by atoms with Crippen molar-refractivity contribution in [3.63, 3.8) is 0 Å². The summed E-state index contributed by atoms with van der Waals surface area (Å²) in [5.41, 5.74) is 0. The molecule has 0 bridgehead atoms. The third-order valence-corrected chi connectivity index (χ3v) is 6.88. The SMILES string of the molecule is CCCCCCCCCC[O][Sn](=[O])[CH](F)C(F)C(F)C(F)F. The molecule has 0 heterocycles. The summed E-state index contributed by atoms with van der Waals surface area (Å²) in [5, 5.41) is 0. The van der Waals surface area contributed by atoms with Crippen LogP contribution in [0.25, 0.3) is 0 Å². The fourth-order valence-corrected chi connectivity index (χ4v) is 4.63. The minimum absolute atomic E-state index is 0.00596. The third-order valence-electron chi connectivity index (χ3n) is 3.29. The number of hydrogen-bond acceptors (Lipinski definition) is 2. The number of rotatable bonds is 14. The van der Waals surface area contributed by atoms with Crippen molar-refractivity contribution >= 4 is 20.2 Å². The van der Waals surface area contributed by atoms with E-state index < -0.39 is 43.1 Å². The molecule has 0 aromatic rings. The molecule has 0 saturated heterocycles. The molecule has 0 aliphatic carbocycles. The van der Waals surface area contributed by atoms with Gasteiger partial charge in [0.05, 0.1) is 0 Å². The molecule has 3 unspecified atom stereocenters. The average molecular weight is 439 g/mol. The third kappa shape index (κ3) is 10.1. The van der Waals surface area contributed by atoms with Gasteiger partial charge in [0.2, 0.25) is 0 Å². The summed E-state index contributed by atoms with van der Waals surface area (Å²) in [4.78, 5) is 0. The molecule has 3 atom stereocenters. The van der Waals surface area contributed by atoms with Crippen LogP contribution in [-0.2, 0) is 6.15 Å². The van der Waals surface area contributed by atoms with E-state index in [0.29, 0.717) is 6.42 Å². The van der Waals surface area contributed by atoms with Gasteiger partial charge in [-0.25, -0.2) is 0 Å². The average Bonchev–Trinajstić information content (AvgIpc) is 2.50. The monoisotopic (exact) mass is 440 g/mol. The van der Waals surface area contributed by atoms with Crippen molar-refractivity contribution in [3.05, 3.63) is 0 Å². The van der Waals surface area contributed by atoms with Crippen molar-refractivity contribution in [2.75, 3.05) is 6.61 Å². The second-order valence-corrected chi connectivity index (χ2v) is 9.49. The summed E-state index contributed by atoms with van der Waals surface area (Å²) in [5.74, 6) is 0. The van der Waals surface area contributed by atoms with Gasteiger partial charge in [0, 0.05) is 0 Å².